The molecule has 0 aliphatic carbocycles. The van der Waals surface area contributed by atoms with Crippen LogP contribution in [0.1, 0.15) is 39.7 Å². The van der Waals surface area contributed by atoms with Gasteiger partial charge < -0.3 is 14.6 Å². The van der Waals surface area contributed by atoms with Crippen molar-refractivity contribution in [1.82, 2.24) is 4.57 Å². The van der Waals surface area contributed by atoms with Gasteiger partial charge in [-0.15, -0.1) is 0 Å². The van der Waals surface area contributed by atoms with E-state index < -0.39 is 5.97 Å². The number of carbonyl (C=O) groups excluding carboxylic acids is 1. The molecule has 0 saturated carbocycles. The van der Waals surface area contributed by atoms with Crippen LogP contribution in [-0.4, -0.2) is 28.6 Å². The number of anilines is 1. The first-order chi connectivity index (χ1) is 11.3. The van der Waals surface area contributed by atoms with E-state index in [1.807, 2.05) is 43.5 Å². The van der Waals surface area contributed by atoms with E-state index in [0.717, 1.165) is 11.3 Å². The number of benzene rings is 1. The predicted octanol–water partition coefficient (Wildman–Crippen LogP) is 3.34. The Morgan fingerprint density at radius 1 is 1.12 bits per heavy atom. The third kappa shape index (κ3) is 3.35. The molecule has 1 aromatic carbocycles. The van der Waals surface area contributed by atoms with Crippen LogP contribution in [-0.2, 0) is 17.8 Å². The molecule has 0 bridgehead atoms. The first-order valence-electron chi connectivity index (χ1n) is 8.02. The molecule has 0 aliphatic heterocycles. The van der Waals surface area contributed by atoms with Gasteiger partial charge in [0, 0.05) is 31.2 Å². The molecule has 0 spiro atoms. The Hall–Kier alpha value is -2.56. The number of carbonyl (C=O) groups is 2. The summed E-state index contributed by atoms with van der Waals surface area (Å²) in [5.41, 5.74) is 4.57. The summed E-state index contributed by atoms with van der Waals surface area (Å²) in [6, 6.07) is 5.86. The second-order valence-corrected chi connectivity index (χ2v) is 6.12. The van der Waals surface area contributed by atoms with E-state index in [1.165, 1.54) is 5.56 Å². The van der Waals surface area contributed by atoms with E-state index in [-0.39, 0.29) is 17.9 Å². The monoisotopic (exact) mass is 328 g/mol. The van der Waals surface area contributed by atoms with Gasteiger partial charge in [0.05, 0.1) is 12.0 Å². The van der Waals surface area contributed by atoms with Crippen molar-refractivity contribution in [2.45, 2.75) is 40.7 Å². The summed E-state index contributed by atoms with van der Waals surface area (Å²) in [6.07, 6.45) is 1.86. The molecule has 0 fully saturated rings. The molecular formula is C19H24N2O3. The van der Waals surface area contributed by atoms with E-state index in [1.54, 1.807) is 25.1 Å². The summed E-state index contributed by atoms with van der Waals surface area (Å²) in [5.74, 6) is -1.12. The third-order valence-electron chi connectivity index (χ3n) is 4.50. The van der Waals surface area contributed by atoms with Crippen LogP contribution >= 0.6 is 0 Å². The molecule has 1 aromatic heterocycles. The molecule has 0 aliphatic rings. The van der Waals surface area contributed by atoms with Gasteiger partial charge in [-0.05, 0) is 56.5 Å². The van der Waals surface area contributed by atoms with Gasteiger partial charge in [-0.3, -0.25) is 4.79 Å². The molecule has 24 heavy (non-hydrogen) atoms. The first kappa shape index (κ1) is 17.8. The summed E-state index contributed by atoms with van der Waals surface area (Å²) in [5, 5.41) is 9.45. The highest BCUT2D eigenvalue weighted by atomic mass is 16.4. The molecule has 2 rings (SSSR count). The molecule has 0 radical (unpaired) electrons. The lowest BCUT2D eigenvalue weighted by molar-refractivity contribution is -0.117. The fourth-order valence-electron chi connectivity index (χ4n) is 2.85. The van der Waals surface area contributed by atoms with E-state index in [9.17, 15) is 14.7 Å². The van der Waals surface area contributed by atoms with Crippen LogP contribution < -0.4 is 4.90 Å². The first-order valence-corrected chi connectivity index (χ1v) is 8.02. The number of carboxylic acids is 1. The van der Waals surface area contributed by atoms with Gasteiger partial charge in [0.15, 0.2) is 0 Å². The number of carboxylic acid groups (broad SMARTS) is 1. The van der Waals surface area contributed by atoms with E-state index in [2.05, 4.69) is 0 Å². The molecule has 1 amide bonds. The fraction of sp³-hybridized carbons (Fsp3) is 0.368. The number of rotatable bonds is 5. The van der Waals surface area contributed by atoms with E-state index >= 15 is 0 Å². The topological polar surface area (TPSA) is 62.5 Å². The Morgan fingerprint density at radius 3 is 2.33 bits per heavy atom. The van der Waals surface area contributed by atoms with Crippen molar-refractivity contribution in [3.05, 3.63) is 52.3 Å². The van der Waals surface area contributed by atoms with Crippen molar-refractivity contribution in [2.24, 2.45) is 0 Å². The smallest absolute Gasteiger partial charge is 0.337 e. The molecule has 0 atom stereocenters. The maximum atomic E-state index is 12.7. The van der Waals surface area contributed by atoms with Crippen LogP contribution in [0.3, 0.4) is 0 Å². The van der Waals surface area contributed by atoms with Gasteiger partial charge >= 0.3 is 5.97 Å². The summed E-state index contributed by atoms with van der Waals surface area (Å²) in [4.78, 5) is 25.8. The van der Waals surface area contributed by atoms with E-state index in [4.69, 9.17) is 0 Å². The SMILES string of the molecule is CCn1cc(C)c(C(=O)O)c1CC(=O)N(C)c1ccc(C)c(C)c1. The molecule has 5 nitrogen and oxygen atoms in total. The standard InChI is InChI=1S/C19H24N2O3/c1-6-21-11-14(4)18(19(23)24)16(21)10-17(22)20(5)15-8-7-12(2)13(3)9-15/h7-9,11H,6,10H2,1-5H3,(H,23,24). The Kier molecular flexibility index (Phi) is 5.12. The van der Waals surface area contributed by atoms with Crippen LogP contribution in [0.25, 0.3) is 0 Å². The molecule has 1 N–H and O–H groups in total. The van der Waals surface area contributed by atoms with Crippen molar-refractivity contribution < 1.29 is 14.7 Å². The predicted molar refractivity (Wildman–Crippen MR) is 94.8 cm³/mol. The molecule has 0 saturated heterocycles. The third-order valence-corrected chi connectivity index (χ3v) is 4.50. The zero-order valence-electron chi connectivity index (χ0n) is 14.9. The number of amides is 1. The number of hydrogen-bond acceptors (Lipinski definition) is 2. The Morgan fingerprint density at radius 2 is 1.79 bits per heavy atom. The quantitative estimate of drug-likeness (QED) is 0.915. The summed E-state index contributed by atoms with van der Waals surface area (Å²) in [6.45, 7) is 8.36. The lowest BCUT2D eigenvalue weighted by atomic mass is 10.1. The van der Waals surface area contributed by atoms with Gasteiger partial charge in [-0.2, -0.15) is 0 Å². The lowest BCUT2D eigenvalue weighted by Gasteiger charge is -2.19. The lowest BCUT2D eigenvalue weighted by Crippen LogP contribution is -2.29. The summed E-state index contributed by atoms with van der Waals surface area (Å²) < 4.78 is 1.84. The van der Waals surface area contributed by atoms with Gasteiger partial charge in [-0.1, -0.05) is 6.07 Å². The summed E-state index contributed by atoms with van der Waals surface area (Å²) >= 11 is 0. The molecule has 2 aromatic rings. The number of aryl methyl sites for hydroxylation is 4. The minimum absolute atomic E-state index is 0.0622. The summed E-state index contributed by atoms with van der Waals surface area (Å²) in [7, 11) is 1.72. The molecule has 128 valence electrons. The van der Waals surface area contributed by atoms with Crippen LogP contribution in [0.4, 0.5) is 5.69 Å². The molecule has 1 heterocycles. The van der Waals surface area contributed by atoms with Gasteiger partial charge in [0.25, 0.3) is 0 Å². The second kappa shape index (κ2) is 6.91. The Labute approximate surface area is 142 Å². The highest BCUT2D eigenvalue weighted by Gasteiger charge is 2.22. The molecular weight excluding hydrogens is 304 g/mol. The zero-order valence-corrected chi connectivity index (χ0v) is 14.9. The average Bonchev–Trinajstić information content (AvgIpc) is 2.84. The number of aromatic carboxylic acids is 1. The molecule has 5 heteroatoms. The van der Waals surface area contributed by atoms with Crippen LogP contribution in [0.2, 0.25) is 0 Å². The van der Waals surface area contributed by atoms with Crippen molar-refractivity contribution >= 4 is 17.6 Å². The second-order valence-electron chi connectivity index (χ2n) is 6.12. The van der Waals surface area contributed by atoms with Crippen LogP contribution in [0.15, 0.2) is 24.4 Å². The van der Waals surface area contributed by atoms with Crippen molar-refractivity contribution in [2.75, 3.05) is 11.9 Å². The van der Waals surface area contributed by atoms with Crippen LogP contribution in [0.5, 0.6) is 0 Å². The van der Waals surface area contributed by atoms with E-state index in [0.29, 0.717) is 17.8 Å². The maximum Gasteiger partial charge on any atom is 0.337 e. The minimum Gasteiger partial charge on any atom is -0.478 e. The maximum absolute atomic E-state index is 12.7. The van der Waals surface area contributed by atoms with Gasteiger partial charge in [-0.25, -0.2) is 4.79 Å². The van der Waals surface area contributed by atoms with Gasteiger partial charge in [0.2, 0.25) is 5.91 Å². The highest BCUT2D eigenvalue weighted by molar-refractivity contribution is 5.97. The fourth-order valence-corrected chi connectivity index (χ4v) is 2.85. The normalized spacial score (nSPS) is 10.7. The molecule has 0 unspecified atom stereocenters. The highest BCUT2D eigenvalue weighted by Crippen LogP contribution is 2.22. The minimum atomic E-state index is -0.990. The van der Waals surface area contributed by atoms with Crippen molar-refractivity contribution in [1.29, 1.82) is 0 Å². The van der Waals surface area contributed by atoms with Crippen molar-refractivity contribution in [3.8, 4) is 0 Å². The van der Waals surface area contributed by atoms with Crippen LogP contribution in [0, 0.1) is 20.8 Å². The number of hydrogen-bond donors (Lipinski definition) is 1. The Bertz CT molecular complexity index is 790. The zero-order chi connectivity index (χ0) is 18.0. The Balaban J connectivity index is 2.32. The number of nitrogens with zero attached hydrogens (tertiary/aromatic N) is 2. The van der Waals surface area contributed by atoms with Crippen molar-refractivity contribution in [3.63, 3.8) is 0 Å². The van der Waals surface area contributed by atoms with Gasteiger partial charge in [0.1, 0.15) is 0 Å². The average molecular weight is 328 g/mol. The number of aromatic nitrogens is 1. The number of likely N-dealkylation sites (N-methyl/N-ethyl adjacent to an activating group) is 1. The largest absolute Gasteiger partial charge is 0.478 e.